The highest BCUT2D eigenvalue weighted by molar-refractivity contribution is 7.98. The van der Waals surface area contributed by atoms with Crippen LogP contribution in [-0.2, 0) is 17.9 Å². The summed E-state index contributed by atoms with van der Waals surface area (Å²) < 4.78 is 0. The first kappa shape index (κ1) is 20.5. The van der Waals surface area contributed by atoms with Crippen LogP contribution in [0.25, 0.3) is 0 Å². The van der Waals surface area contributed by atoms with Gasteiger partial charge in [-0.25, -0.2) is 9.97 Å². The van der Waals surface area contributed by atoms with Crippen LogP contribution in [-0.4, -0.2) is 43.0 Å². The van der Waals surface area contributed by atoms with Crippen molar-refractivity contribution in [3.63, 3.8) is 0 Å². The molecular formula is C19H24N6OS2. The Labute approximate surface area is 172 Å². The maximum Gasteiger partial charge on any atom is 0.255 e. The zero-order valence-electron chi connectivity index (χ0n) is 15.8. The van der Waals surface area contributed by atoms with Crippen LogP contribution in [0.2, 0.25) is 0 Å². The molecule has 0 aliphatic rings. The van der Waals surface area contributed by atoms with E-state index in [9.17, 15) is 4.79 Å². The third kappa shape index (κ3) is 6.42. The number of nitrogens with one attached hydrogen (secondary N) is 3. The molecule has 0 spiro atoms. The molecule has 0 saturated heterocycles. The number of hydrogen-bond acceptors (Lipinski definition) is 7. The lowest BCUT2D eigenvalue weighted by atomic mass is 10.3. The number of nitrogens with zero attached hydrogens (tertiary/aromatic N) is 3. The summed E-state index contributed by atoms with van der Waals surface area (Å²) in [6.45, 7) is 2.76. The standard InChI is InChI=1S/C19H24N6OS2/c1-14-17(24-13-23-14)12-28-8-6-21-19-22-10-16(18(26)25-19)4-7-27-11-15-3-2-5-20-9-15/h2-3,5,9-10,13H,4,6-8,11-12H2,1H3,(H,23,24)(H2,21,22,25,26). The van der Waals surface area contributed by atoms with Crippen molar-refractivity contribution in [2.75, 3.05) is 23.4 Å². The average molecular weight is 417 g/mol. The molecule has 0 fully saturated rings. The summed E-state index contributed by atoms with van der Waals surface area (Å²) in [7, 11) is 0. The van der Waals surface area contributed by atoms with E-state index >= 15 is 0 Å². The molecule has 3 heterocycles. The number of aromatic amines is 2. The fraction of sp³-hybridized carbons (Fsp3) is 0.368. The van der Waals surface area contributed by atoms with Gasteiger partial charge in [0, 0.05) is 53.7 Å². The zero-order chi connectivity index (χ0) is 19.6. The molecule has 0 aliphatic carbocycles. The molecule has 3 aromatic rings. The van der Waals surface area contributed by atoms with Crippen LogP contribution in [0, 0.1) is 6.92 Å². The van der Waals surface area contributed by atoms with E-state index in [1.807, 2.05) is 19.2 Å². The van der Waals surface area contributed by atoms with Gasteiger partial charge in [0.25, 0.3) is 5.56 Å². The molecule has 0 saturated carbocycles. The fourth-order valence-electron chi connectivity index (χ4n) is 2.49. The Balaban J connectivity index is 1.35. The molecule has 0 unspecified atom stereocenters. The second-order valence-electron chi connectivity index (χ2n) is 6.20. The predicted octanol–water partition coefficient (Wildman–Crippen LogP) is 3.02. The average Bonchev–Trinajstić information content (AvgIpc) is 3.12. The highest BCUT2D eigenvalue weighted by Crippen LogP contribution is 2.13. The third-order valence-corrected chi connectivity index (χ3v) is 6.09. The summed E-state index contributed by atoms with van der Waals surface area (Å²) in [5.74, 6) is 4.07. The van der Waals surface area contributed by atoms with E-state index < -0.39 is 0 Å². The Morgan fingerprint density at radius 2 is 2.04 bits per heavy atom. The maximum atomic E-state index is 12.2. The normalized spacial score (nSPS) is 10.9. The van der Waals surface area contributed by atoms with Crippen molar-refractivity contribution in [3.05, 3.63) is 69.9 Å². The van der Waals surface area contributed by atoms with Gasteiger partial charge >= 0.3 is 0 Å². The van der Waals surface area contributed by atoms with Crippen LogP contribution < -0.4 is 10.9 Å². The quantitative estimate of drug-likeness (QED) is 0.413. The van der Waals surface area contributed by atoms with E-state index in [1.54, 1.807) is 42.2 Å². The van der Waals surface area contributed by atoms with Crippen molar-refractivity contribution in [1.29, 1.82) is 0 Å². The maximum absolute atomic E-state index is 12.2. The van der Waals surface area contributed by atoms with Crippen molar-refractivity contribution in [2.45, 2.75) is 24.9 Å². The smallest absolute Gasteiger partial charge is 0.255 e. The van der Waals surface area contributed by atoms with E-state index in [2.05, 4.69) is 36.3 Å². The van der Waals surface area contributed by atoms with Gasteiger partial charge in [0.2, 0.25) is 5.95 Å². The number of hydrogen-bond donors (Lipinski definition) is 3. The number of imidazole rings is 1. The summed E-state index contributed by atoms with van der Waals surface area (Å²) in [6, 6.07) is 4.00. The molecule has 0 atom stereocenters. The second kappa shape index (κ2) is 10.9. The Bertz CT molecular complexity index is 912. The van der Waals surface area contributed by atoms with Crippen molar-refractivity contribution in [1.82, 2.24) is 24.9 Å². The molecule has 7 nitrogen and oxygen atoms in total. The van der Waals surface area contributed by atoms with E-state index in [-0.39, 0.29) is 5.56 Å². The summed E-state index contributed by atoms with van der Waals surface area (Å²) in [5, 5.41) is 3.17. The summed E-state index contributed by atoms with van der Waals surface area (Å²) in [6.07, 6.45) is 7.74. The monoisotopic (exact) mass is 416 g/mol. The molecule has 0 bridgehead atoms. The third-order valence-electron chi connectivity index (χ3n) is 4.09. The van der Waals surface area contributed by atoms with Gasteiger partial charge in [-0.05, 0) is 30.7 Å². The van der Waals surface area contributed by atoms with E-state index in [0.717, 1.165) is 40.9 Å². The summed E-state index contributed by atoms with van der Waals surface area (Å²) in [5.41, 5.74) is 4.04. The number of anilines is 1. The zero-order valence-corrected chi connectivity index (χ0v) is 17.4. The summed E-state index contributed by atoms with van der Waals surface area (Å²) in [4.78, 5) is 30.8. The first-order valence-electron chi connectivity index (χ1n) is 9.07. The molecule has 9 heteroatoms. The minimum atomic E-state index is -0.0701. The Hall–Kier alpha value is -2.26. The van der Waals surface area contributed by atoms with Gasteiger partial charge in [-0.3, -0.25) is 14.8 Å². The molecule has 3 N–H and O–H groups in total. The minimum absolute atomic E-state index is 0.0701. The molecule has 0 amide bonds. The lowest BCUT2D eigenvalue weighted by Gasteiger charge is -2.06. The van der Waals surface area contributed by atoms with Crippen LogP contribution in [0.1, 0.15) is 22.5 Å². The number of aromatic nitrogens is 5. The van der Waals surface area contributed by atoms with Gasteiger partial charge in [0.15, 0.2) is 0 Å². The topological polar surface area (TPSA) is 99.3 Å². The number of rotatable bonds is 11. The number of aryl methyl sites for hydroxylation is 2. The summed E-state index contributed by atoms with van der Waals surface area (Å²) >= 11 is 3.58. The van der Waals surface area contributed by atoms with Crippen LogP contribution in [0.5, 0.6) is 0 Å². The SMILES string of the molecule is Cc1[nH]cnc1CSCCNc1ncc(CCSCc2cccnc2)c(=O)[nH]1. The molecule has 28 heavy (non-hydrogen) atoms. The Morgan fingerprint density at radius 3 is 2.79 bits per heavy atom. The number of thioether (sulfide) groups is 2. The largest absolute Gasteiger partial charge is 0.355 e. The molecule has 148 valence electrons. The van der Waals surface area contributed by atoms with Gasteiger partial charge in [0.1, 0.15) is 0 Å². The molecule has 0 radical (unpaired) electrons. The molecule has 3 aromatic heterocycles. The first-order chi connectivity index (χ1) is 13.7. The lowest BCUT2D eigenvalue weighted by molar-refractivity contribution is 0.994. The number of pyridine rings is 1. The molecule has 3 rings (SSSR count). The molecule has 0 aromatic carbocycles. The van der Waals surface area contributed by atoms with Gasteiger partial charge in [-0.1, -0.05) is 6.07 Å². The van der Waals surface area contributed by atoms with Gasteiger partial charge < -0.3 is 10.3 Å². The van der Waals surface area contributed by atoms with Crippen molar-refractivity contribution >= 4 is 29.5 Å². The van der Waals surface area contributed by atoms with Gasteiger partial charge in [-0.2, -0.15) is 23.5 Å². The second-order valence-corrected chi connectivity index (χ2v) is 8.41. The Kier molecular flexibility index (Phi) is 7.98. The minimum Gasteiger partial charge on any atom is -0.355 e. The fourth-order valence-corrected chi connectivity index (χ4v) is 4.28. The lowest BCUT2D eigenvalue weighted by Crippen LogP contribution is -2.18. The van der Waals surface area contributed by atoms with Crippen molar-refractivity contribution in [2.24, 2.45) is 0 Å². The van der Waals surface area contributed by atoms with Crippen LogP contribution in [0.15, 0.2) is 41.8 Å². The van der Waals surface area contributed by atoms with Gasteiger partial charge in [0.05, 0.1) is 12.0 Å². The van der Waals surface area contributed by atoms with E-state index in [1.165, 1.54) is 5.56 Å². The highest BCUT2D eigenvalue weighted by atomic mass is 32.2. The predicted molar refractivity (Wildman–Crippen MR) is 117 cm³/mol. The Morgan fingerprint density at radius 1 is 1.14 bits per heavy atom. The van der Waals surface area contributed by atoms with Crippen LogP contribution >= 0.6 is 23.5 Å². The van der Waals surface area contributed by atoms with Gasteiger partial charge in [-0.15, -0.1) is 0 Å². The van der Waals surface area contributed by atoms with Crippen molar-refractivity contribution in [3.8, 4) is 0 Å². The van der Waals surface area contributed by atoms with Crippen molar-refractivity contribution < 1.29 is 0 Å². The van der Waals surface area contributed by atoms with Crippen LogP contribution in [0.4, 0.5) is 5.95 Å². The molecular weight excluding hydrogens is 392 g/mol. The number of H-pyrrole nitrogens is 2. The first-order valence-corrected chi connectivity index (χ1v) is 11.4. The van der Waals surface area contributed by atoms with E-state index in [0.29, 0.717) is 17.9 Å². The molecule has 0 aliphatic heterocycles. The van der Waals surface area contributed by atoms with E-state index in [4.69, 9.17) is 0 Å². The van der Waals surface area contributed by atoms with Crippen LogP contribution in [0.3, 0.4) is 0 Å². The highest BCUT2D eigenvalue weighted by Gasteiger charge is 2.04.